The molecule has 0 fully saturated rings. The second kappa shape index (κ2) is 17.7. The normalized spacial score (nSPS) is 8.37. The van der Waals surface area contributed by atoms with Gasteiger partial charge in [-0.2, -0.15) is 0 Å². The lowest BCUT2D eigenvalue weighted by molar-refractivity contribution is -0.114. The number of halogens is 3. The van der Waals surface area contributed by atoms with Crippen LogP contribution in [0.3, 0.4) is 0 Å². The Morgan fingerprint density at radius 3 is 1.37 bits per heavy atom. The molecule has 2 nitrogen and oxygen atoms in total. The van der Waals surface area contributed by atoms with Gasteiger partial charge in [-0.1, -0.05) is 70.7 Å². The van der Waals surface area contributed by atoms with Gasteiger partial charge < -0.3 is 9.90 Å². The highest BCUT2D eigenvalue weighted by Gasteiger charge is 1.79. The van der Waals surface area contributed by atoms with Crippen molar-refractivity contribution in [3.8, 4) is 0 Å². The van der Waals surface area contributed by atoms with E-state index in [1.807, 2.05) is 18.2 Å². The van der Waals surface area contributed by atoms with Crippen LogP contribution in [-0.2, 0) is 4.79 Å². The van der Waals surface area contributed by atoms with Crippen LogP contribution < -0.4 is 0 Å². The van der Waals surface area contributed by atoms with Crippen LogP contribution in [0.15, 0.2) is 30.3 Å². The number of alkyl halides is 3. The number of benzene rings is 1. The van der Waals surface area contributed by atoms with Gasteiger partial charge in [0.25, 0.3) is 0 Å². The van der Waals surface area contributed by atoms with E-state index in [1.165, 1.54) is 19.4 Å². The van der Waals surface area contributed by atoms with Gasteiger partial charge in [0.1, 0.15) is 5.78 Å². The first-order chi connectivity index (χ1) is 8.59. The fraction of sp³-hybridized carbons (Fsp3) is 0.500. The van der Waals surface area contributed by atoms with E-state index in [9.17, 15) is 4.79 Å². The number of ketones is 1. The fourth-order valence-corrected chi connectivity index (χ4v) is 0.534. The maximum atomic E-state index is 9.44. The zero-order chi connectivity index (χ0) is 15.8. The highest BCUT2D eigenvalue weighted by atomic mass is 35.6. The first kappa shape index (κ1) is 23.8. The molecule has 1 aromatic rings. The maximum absolute atomic E-state index is 9.44. The Kier molecular flexibility index (Phi) is 22.2. The number of carbonyl (C=O) groups excluding carboxylic acids is 1. The van der Waals surface area contributed by atoms with E-state index in [-0.39, 0.29) is 11.9 Å². The van der Waals surface area contributed by atoms with Crippen LogP contribution in [0.25, 0.3) is 0 Å². The summed E-state index contributed by atoms with van der Waals surface area (Å²) in [6, 6.07) is 10.3. The molecule has 0 amide bonds. The number of Topliss-reactive ketones (excluding diaryl/α,β-unsaturated/α-hetero) is 1. The van der Waals surface area contributed by atoms with Crippen LogP contribution in [0, 0.1) is 6.92 Å². The lowest BCUT2D eigenvalue weighted by atomic mass is 10.2. The van der Waals surface area contributed by atoms with Crippen molar-refractivity contribution in [3.63, 3.8) is 0 Å². The second-order valence-electron chi connectivity index (χ2n) is 3.90. The molecule has 5 heteroatoms. The quantitative estimate of drug-likeness (QED) is 0.683. The summed E-state index contributed by atoms with van der Waals surface area (Å²) in [5.41, 5.74) is 1.32. The van der Waals surface area contributed by atoms with Crippen LogP contribution in [0.1, 0.15) is 33.3 Å². The smallest absolute Gasteiger partial charge is 0.180 e. The van der Waals surface area contributed by atoms with E-state index < -0.39 is 4.30 Å². The minimum atomic E-state index is -0.750. The van der Waals surface area contributed by atoms with Crippen molar-refractivity contribution in [1.29, 1.82) is 0 Å². The molecule has 0 atom stereocenters. The summed E-state index contributed by atoms with van der Waals surface area (Å²) < 4.78 is -0.750. The van der Waals surface area contributed by atoms with Gasteiger partial charge in [0.2, 0.25) is 0 Å². The molecule has 0 aliphatic rings. The molecule has 0 bridgehead atoms. The number of rotatable bonds is 0. The lowest BCUT2D eigenvalue weighted by Crippen LogP contribution is -1.85. The van der Waals surface area contributed by atoms with Gasteiger partial charge in [-0.3, -0.25) is 0 Å². The number of carbonyl (C=O) groups is 1. The predicted molar refractivity (Wildman–Crippen MR) is 86.2 cm³/mol. The van der Waals surface area contributed by atoms with Crippen molar-refractivity contribution in [2.75, 3.05) is 0 Å². The fourth-order valence-electron chi connectivity index (χ4n) is 0.534. The van der Waals surface area contributed by atoms with Gasteiger partial charge >= 0.3 is 0 Å². The first-order valence-electron chi connectivity index (χ1n) is 5.68. The van der Waals surface area contributed by atoms with Crippen LogP contribution in [-0.4, -0.2) is 21.3 Å². The standard InChI is InChI=1S/C7H8.C3H8O.C3H6O.CHCl3/c1-7-5-3-2-4-6-7;2*1-3(2)4;2-1(3)4/h2-6H,1H3;3-4H,1-2H3;1-2H3;1H. The number of hydrogen-bond donors (Lipinski definition) is 1. The summed E-state index contributed by atoms with van der Waals surface area (Å²) in [7, 11) is 0. The van der Waals surface area contributed by atoms with E-state index in [0.29, 0.717) is 0 Å². The molecule has 1 N–H and O–H groups in total. The summed E-state index contributed by atoms with van der Waals surface area (Å²) in [5.74, 6) is 0.167. The highest BCUT2D eigenvalue weighted by Crippen LogP contribution is 2.03. The number of aliphatic hydroxyl groups is 1. The van der Waals surface area contributed by atoms with Gasteiger partial charge in [-0.25, -0.2) is 0 Å². The summed E-state index contributed by atoms with van der Waals surface area (Å²) in [6.07, 6.45) is -0.167. The average Bonchev–Trinajstić information content (AvgIpc) is 2.15. The van der Waals surface area contributed by atoms with E-state index in [1.54, 1.807) is 13.8 Å². The lowest BCUT2D eigenvalue weighted by Gasteiger charge is -1.82. The van der Waals surface area contributed by atoms with Gasteiger partial charge in [-0.15, -0.1) is 0 Å². The Morgan fingerprint density at radius 1 is 1.05 bits per heavy atom. The van der Waals surface area contributed by atoms with Crippen molar-refractivity contribution in [2.45, 2.75) is 45.0 Å². The van der Waals surface area contributed by atoms with Crippen LogP contribution in [0.2, 0.25) is 0 Å². The van der Waals surface area contributed by atoms with Gasteiger partial charge in [0.15, 0.2) is 4.30 Å². The van der Waals surface area contributed by atoms with E-state index in [0.717, 1.165) is 0 Å². The molecule has 1 rings (SSSR count). The Labute approximate surface area is 131 Å². The molecular weight excluding hydrogens is 307 g/mol. The van der Waals surface area contributed by atoms with Crippen molar-refractivity contribution in [1.82, 2.24) is 0 Å². The topological polar surface area (TPSA) is 37.3 Å². The molecule has 0 aliphatic carbocycles. The SMILES string of the molecule is CC(C)=O.CC(C)O.Cc1ccccc1.ClC(Cl)Cl. The summed E-state index contributed by atoms with van der Waals surface area (Å²) in [6.45, 7) is 8.58. The van der Waals surface area contributed by atoms with Crippen molar-refractivity contribution in [3.05, 3.63) is 35.9 Å². The molecule has 0 aliphatic heterocycles. The van der Waals surface area contributed by atoms with Gasteiger partial charge in [0.05, 0.1) is 0 Å². The number of aryl methyl sites for hydroxylation is 1. The van der Waals surface area contributed by atoms with Crippen molar-refractivity contribution >= 4 is 40.6 Å². The average molecular weight is 330 g/mol. The Balaban J connectivity index is -0.000000189. The Morgan fingerprint density at radius 2 is 1.26 bits per heavy atom. The minimum Gasteiger partial charge on any atom is -0.394 e. The van der Waals surface area contributed by atoms with E-state index in [4.69, 9.17) is 39.9 Å². The highest BCUT2D eigenvalue weighted by molar-refractivity contribution is 6.63. The molecule has 112 valence electrons. The molecule has 0 unspecified atom stereocenters. The summed E-state index contributed by atoms with van der Waals surface area (Å²) in [5, 5.41) is 8.06. The summed E-state index contributed by atoms with van der Waals surface area (Å²) in [4.78, 5) is 9.44. The monoisotopic (exact) mass is 328 g/mol. The van der Waals surface area contributed by atoms with E-state index in [2.05, 4.69) is 19.1 Å². The predicted octanol–water partition coefficient (Wildman–Crippen LogP) is 4.96. The van der Waals surface area contributed by atoms with E-state index >= 15 is 0 Å². The molecular formula is C14H23Cl3O2. The molecule has 0 saturated carbocycles. The van der Waals surface area contributed by atoms with Gasteiger partial charge in [0, 0.05) is 6.10 Å². The zero-order valence-electron chi connectivity index (χ0n) is 12.0. The molecule has 0 spiro atoms. The van der Waals surface area contributed by atoms with Gasteiger partial charge in [-0.05, 0) is 34.6 Å². The minimum absolute atomic E-state index is 0.167. The largest absolute Gasteiger partial charge is 0.394 e. The summed E-state index contributed by atoms with van der Waals surface area (Å²) >= 11 is 14.4. The molecule has 19 heavy (non-hydrogen) atoms. The molecule has 0 saturated heterocycles. The van der Waals surface area contributed by atoms with Crippen LogP contribution >= 0.6 is 34.8 Å². The Hall–Kier alpha value is -0.280. The third kappa shape index (κ3) is 73.5. The van der Waals surface area contributed by atoms with Crippen molar-refractivity contribution < 1.29 is 9.90 Å². The molecule has 0 aromatic heterocycles. The second-order valence-corrected chi connectivity index (χ2v) is 5.88. The molecule has 1 aromatic carbocycles. The molecule has 0 heterocycles. The zero-order valence-corrected chi connectivity index (χ0v) is 14.3. The number of aliphatic hydroxyl groups excluding tert-OH is 1. The van der Waals surface area contributed by atoms with Crippen LogP contribution in [0.5, 0.6) is 0 Å². The Bertz CT molecular complexity index is 272. The van der Waals surface area contributed by atoms with Crippen LogP contribution in [0.4, 0.5) is 0 Å². The maximum Gasteiger partial charge on any atom is 0.180 e. The van der Waals surface area contributed by atoms with Crippen molar-refractivity contribution in [2.24, 2.45) is 0 Å². The molecule has 0 radical (unpaired) electrons. The third-order valence-corrected chi connectivity index (χ3v) is 0.940. The first-order valence-corrected chi connectivity index (χ1v) is 6.99. The number of hydrogen-bond acceptors (Lipinski definition) is 2. The third-order valence-electron chi connectivity index (χ3n) is 0.940.